The van der Waals surface area contributed by atoms with Crippen LogP contribution in [-0.4, -0.2) is 48.1 Å². The highest BCUT2D eigenvalue weighted by Crippen LogP contribution is 2.48. The van der Waals surface area contributed by atoms with E-state index >= 15 is 0 Å². The number of benzene rings is 1. The van der Waals surface area contributed by atoms with Gasteiger partial charge in [-0.1, -0.05) is 6.07 Å². The molecule has 2 saturated heterocycles. The monoisotopic (exact) mass is 514 g/mol. The first-order valence-corrected chi connectivity index (χ1v) is 14.5. The summed E-state index contributed by atoms with van der Waals surface area (Å²) in [7, 11) is -10.1. The summed E-state index contributed by atoms with van der Waals surface area (Å²) in [6.45, 7) is 15.8. The average Bonchev–Trinajstić information content (AvgIpc) is 2.53. The van der Waals surface area contributed by atoms with Crippen LogP contribution in [0.2, 0.25) is 0 Å². The van der Waals surface area contributed by atoms with E-state index in [0.717, 1.165) is 0 Å². The predicted molar refractivity (Wildman–Crippen MR) is 129 cm³/mol. The Morgan fingerprint density at radius 3 is 1.41 bits per heavy atom. The molecule has 34 heavy (non-hydrogen) atoms. The van der Waals surface area contributed by atoms with Crippen LogP contribution in [0.15, 0.2) is 21.9 Å². The van der Waals surface area contributed by atoms with E-state index in [1.807, 2.05) is 55.4 Å². The van der Waals surface area contributed by atoms with E-state index in [0.29, 0.717) is 31.2 Å². The second-order valence-corrected chi connectivity index (χ2v) is 15.5. The van der Waals surface area contributed by atoms with Gasteiger partial charge in [0.1, 0.15) is 20.2 Å². The number of nitrogens with one attached hydrogen (secondary N) is 2. The van der Waals surface area contributed by atoms with E-state index in [1.54, 1.807) is 0 Å². The molecule has 0 spiro atoms. The first-order chi connectivity index (χ1) is 15.0. The molecule has 0 saturated carbocycles. The summed E-state index contributed by atoms with van der Waals surface area (Å²) < 4.78 is 75.3. The van der Waals surface area contributed by atoms with Crippen LogP contribution in [0.3, 0.4) is 0 Å². The van der Waals surface area contributed by atoms with Crippen molar-refractivity contribution in [1.82, 2.24) is 10.6 Å². The van der Waals surface area contributed by atoms with Crippen molar-refractivity contribution in [2.75, 3.05) is 0 Å². The molecule has 3 rings (SSSR count). The van der Waals surface area contributed by atoms with Crippen LogP contribution in [0.4, 0.5) is 0 Å². The van der Waals surface area contributed by atoms with Crippen LogP contribution in [0.1, 0.15) is 104 Å². The molecule has 0 bridgehead atoms. The van der Waals surface area contributed by atoms with Crippen molar-refractivity contribution < 1.29 is 25.9 Å². The molecule has 0 amide bonds. The molecule has 2 aliphatic heterocycles. The van der Waals surface area contributed by atoms with Crippen LogP contribution in [0.25, 0.3) is 0 Å². The summed E-state index contributed by atoms with van der Waals surface area (Å²) in [5.41, 5.74) is -1.41. The minimum Gasteiger partial charge on any atom is -0.744 e. The molecule has 2 fully saturated rings. The molecule has 2 aliphatic rings. The van der Waals surface area contributed by atoms with Crippen LogP contribution in [-0.2, 0) is 20.2 Å². The molecule has 0 aliphatic carbocycles. The molecule has 194 valence electrons. The Hall–Kier alpha value is -1.04. The summed E-state index contributed by atoms with van der Waals surface area (Å²) in [4.78, 5) is -1.11. The second kappa shape index (κ2) is 8.24. The summed E-state index contributed by atoms with van der Waals surface area (Å²) in [5.74, 6) is -0.888. The lowest BCUT2D eigenvalue weighted by molar-refractivity contribution is 0.156. The Labute approximate surface area is 204 Å². The van der Waals surface area contributed by atoms with Crippen LogP contribution in [0.5, 0.6) is 0 Å². The largest absolute Gasteiger partial charge is 0.744 e. The van der Waals surface area contributed by atoms with Crippen molar-refractivity contribution in [3.05, 3.63) is 23.3 Å². The van der Waals surface area contributed by atoms with Gasteiger partial charge in [-0.05, 0) is 110 Å². The second-order valence-electron chi connectivity index (χ2n) is 12.8. The van der Waals surface area contributed by atoms with Gasteiger partial charge in [-0.3, -0.25) is 0 Å². The van der Waals surface area contributed by atoms with Crippen LogP contribution < -0.4 is 10.6 Å². The third kappa shape index (κ3) is 6.02. The topological polar surface area (TPSA) is 138 Å². The maximum Gasteiger partial charge on any atom is 0.125 e. The summed E-state index contributed by atoms with van der Waals surface area (Å²) in [6.07, 6.45) is 1.89. The summed E-state index contributed by atoms with van der Waals surface area (Å²) >= 11 is 0. The average molecular weight is 515 g/mol. The van der Waals surface area contributed by atoms with Crippen molar-refractivity contribution in [1.29, 1.82) is 0 Å². The lowest BCUT2D eigenvalue weighted by Gasteiger charge is -2.49. The van der Waals surface area contributed by atoms with E-state index in [9.17, 15) is 25.9 Å². The van der Waals surface area contributed by atoms with Gasteiger partial charge >= 0.3 is 0 Å². The first-order valence-electron chi connectivity index (χ1n) is 11.7. The zero-order valence-corrected chi connectivity index (χ0v) is 23.0. The Morgan fingerprint density at radius 1 is 0.676 bits per heavy atom. The van der Waals surface area contributed by atoms with Gasteiger partial charge in [0.05, 0.1) is 9.79 Å². The zero-order chi connectivity index (χ0) is 26.1. The maximum absolute atomic E-state index is 12.8. The van der Waals surface area contributed by atoms with Gasteiger partial charge in [-0.2, -0.15) is 0 Å². The smallest absolute Gasteiger partial charge is 0.125 e. The number of hydrogen-bond donors (Lipinski definition) is 2. The van der Waals surface area contributed by atoms with Gasteiger partial charge in [0, 0.05) is 22.2 Å². The van der Waals surface area contributed by atoms with Crippen molar-refractivity contribution >= 4 is 20.2 Å². The fraction of sp³-hybridized carbons (Fsp3) is 0.750. The first kappa shape index (κ1) is 27.5. The van der Waals surface area contributed by atoms with Gasteiger partial charge in [-0.15, -0.1) is 0 Å². The molecule has 8 nitrogen and oxygen atoms in total. The fourth-order valence-electron chi connectivity index (χ4n) is 6.87. The van der Waals surface area contributed by atoms with Crippen molar-refractivity contribution in [3.8, 4) is 0 Å². The quantitative estimate of drug-likeness (QED) is 0.582. The molecule has 0 aromatic heterocycles. The maximum atomic E-state index is 12.8. The molecular formula is C24H38N2O6S2-2. The van der Waals surface area contributed by atoms with E-state index in [-0.39, 0.29) is 22.6 Å². The van der Waals surface area contributed by atoms with Gasteiger partial charge in [0.15, 0.2) is 0 Å². The Bertz CT molecular complexity index is 1150. The highest BCUT2D eigenvalue weighted by molar-refractivity contribution is 7.86. The number of hydrogen-bond acceptors (Lipinski definition) is 8. The van der Waals surface area contributed by atoms with E-state index < -0.39 is 47.0 Å². The Balaban J connectivity index is 2.35. The molecule has 2 heterocycles. The van der Waals surface area contributed by atoms with Crippen LogP contribution in [0, 0.1) is 0 Å². The predicted octanol–water partition coefficient (Wildman–Crippen LogP) is 3.54. The third-order valence-electron chi connectivity index (χ3n) is 6.93. The number of piperidine rings is 2. The molecule has 2 N–H and O–H groups in total. The SMILES string of the molecule is CC1(C)CC(c2ccc(S(=O)(=O)[O-])c(C3CC(C)(C)NC(C)(C)C3)c2S(=O)(=O)[O-])CC(C)(C)N1. The van der Waals surface area contributed by atoms with E-state index in [4.69, 9.17) is 0 Å². The molecule has 0 atom stereocenters. The van der Waals surface area contributed by atoms with Crippen molar-refractivity contribution in [2.45, 2.75) is 125 Å². The van der Waals surface area contributed by atoms with Gasteiger partial charge in [0.25, 0.3) is 0 Å². The molecule has 10 heteroatoms. The van der Waals surface area contributed by atoms with E-state index in [1.165, 1.54) is 12.1 Å². The molecule has 1 aromatic rings. The minimum atomic E-state index is -5.09. The number of rotatable bonds is 4. The highest BCUT2D eigenvalue weighted by Gasteiger charge is 2.43. The van der Waals surface area contributed by atoms with Crippen molar-refractivity contribution in [2.24, 2.45) is 0 Å². The van der Waals surface area contributed by atoms with Crippen molar-refractivity contribution in [3.63, 3.8) is 0 Å². The Kier molecular flexibility index (Phi) is 6.68. The normalized spacial score (nSPS) is 25.2. The molecule has 0 radical (unpaired) electrons. The fourth-order valence-corrected chi connectivity index (χ4v) is 8.78. The summed E-state index contributed by atoms with van der Waals surface area (Å²) in [6, 6.07) is 2.59. The zero-order valence-electron chi connectivity index (χ0n) is 21.4. The molecular weight excluding hydrogens is 476 g/mol. The van der Waals surface area contributed by atoms with Crippen LogP contribution >= 0.6 is 0 Å². The minimum absolute atomic E-state index is 0.126. The highest BCUT2D eigenvalue weighted by atomic mass is 32.2. The summed E-state index contributed by atoms with van der Waals surface area (Å²) in [5, 5.41) is 7.03. The van der Waals surface area contributed by atoms with Gasteiger partial charge in [-0.25, -0.2) is 16.8 Å². The lowest BCUT2D eigenvalue weighted by Crippen LogP contribution is -2.57. The molecule has 0 unspecified atom stereocenters. The Morgan fingerprint density at radius 2 is 1.06 bits per heavy atom. The third-order valence-corrected chi connectivity index (χ3v) is 8.78. The van der Waals surface area contributed by atoms with Gasteiger partial charge < -0.3 is 19.7 Å². The van der Waals surface area contributed by atoms with Gasteiger partial charge in [0.2, 0.25) is 0 Å². The van der Waals surface area contributed by atoms with E-state index in [2.05, 4.69) is 10.6 Å². The lowest BCUT2D eigenvalue weighted by atomic mass is 9.70. The molecule has 1 aromatic carbocycles. The standard InChI is InChI=1S/C24H40N2O6S2/c1-21(2)11-15(12-22(3,4)25-21)17-9-10-18(33(27,28)29)19(20(17)34(30,31)32)16-13-23(5,6)26-24(7,8)14-16/h9-10,15-16,25-26H,11-14H2,1-8H3,(H,27,28,29)(H,30,31,32)/p-2.